The third-order valence-corrected chi connectivity index (χ3v) is 5.86. The second-order valence-corrected chi connectivity index (χ2v) is 8.47. The number of aryl methyl sites for hydroxylation is 1. The van der Waals surface area contributed by atoms with Gasteiger partial charge in [0.25, 0.3) is 0 Å². The number of hydrogen-bond donors (Lipinski definition) is 2. The molecule has 2 unspecified atom stereocenters. The van der Waals surface area contributed by atoms with E-state index in [9.17, 15) is 0 Å². The lowest BCUT2D eigenvalue weighted by molar-refractivity contribution is 0.166. The first kappa shape index (κ1) is 24.9. The van der Waals surface area contributed by atoms with Crippen molar-refractivity contribution in [2.75, 3.05) is 32.9 Å². The van der Waals surface area contributed by atoms with Crippen LogP contribution in [0.2, 0.25) is 0 Å². The van der Waals surface area contributed by atoms with E-state index in [2.05, 4.69) is 66.4 Å². The van der Waals surface area contributed by atoms with Crippen LogP contribution < -0.4 is 15.4 Å². The second-order valence-electron chi connectivity index (χ2n) is 7.69. The van der Waals surface area contributed by atoms with E-state index in [1.54, 1.807) is 11.3 Å². The van der Waals surface area contributed by atoms with E-state index in [0.29, 0.717) is 25.0 Å². The quantitative estimate of drug-likeness (QED) is 0.267. The molecule has 2 aromatic rings. The normalized spacial score (nSPS) is 17.3. The largest absolute Gasteiger partial charge is 0.493 e. The lowest BCUT2D eigenvalue weighted by atomic mass is 10.1. The monoisotopic (exact) mass is 543 g/mol. The molecular weight excluding hydrogens is 509 g/mol. The third kappa shape index (κ3) is 7.74. The first-order chi connectivity index (χ1) is 14.2. The number of halogens is 1. The van der Waals surface area contributed by atoms with Crippen molar-refractivity contribution in [1.29, 1.82) is 0 Å². The van der Waals surface area contributed by atoms with E-state index in [0.717, 1.165) is 50.0 Å². The van der Waals surface area contributed by atoms with Crippen LogP contribution in [0.25, 0.3) is 0 Å². The molecule has 1 aromatic heterocycles. The molecular formula is C23H34IN3O2S. The van der Waals surface area contributed by atoms with Gasteiger partial charge in [0.15, 0.2) is 5.96 Å². The second kappa shape index (κ2) is 13.2. The molecule has 0 aliphatic carbocycles. The summed E-state index contributed by atoms with van der Waals surface area (Å²) >= 11 is 1.74. The van der Waals surface area contributed by atoms with Crippen LogP contribution >= 0.6 is 35.3 Å². The Kier molecular flexibility index (Phi) is 11.0. The summed E-state index contributed by atoms with van der Waals surface area (Å²) in [5.41, 5.74) is 3.67. The Labute approximate surface area is 201 Å². The highest BCUT2D eigenvalue weighted by atomic mass is 127. The highest BCUT2D eigenvalue weighted by molar-refractivity contribution is 14.0. The molecule has 0 amide bonds. The molecule has 5 nitrogen and oxygen atoms in total. The van der Waals surface area contributed by atoms with E-state index < -0.39 is 0 Å². The zero-order valence-corrected chi connectivity index (χ0v) is 21.3. The fraction of sp³-hybridized carbons (Fsp3) is 0.522. The number of guanidine groups is 1. The summed E-state index contributed by atoms with van der Waals surface area (Å²) in [7, 11) is 0. The van der Waals surface area contributed by atoms with Crippen molar-refractivity contribution in [2.24, 2.45) is 10.9 Å². The van der Waals surface area contributed by atoms with Crippen molar-refractivity contribution in [3.63, 3.8) is 0 Å². The SMILES string of the molecule is CCNC(=NCc1ccc(C)cc1OCC1CCOC1)NCC(C)c1ccsc1.I. The number of nitrogens with one attached hydrogen (secondary N) is 2. The van der Waals surface area contributed by atoms with Crippen LogP contribution in [0.3, 0.4) is 0 Å². The van der Waals surface area contributed by atoms with Crippen molar-refractivity contribution < 1.29 is 9.47 Å². The molecule has 0 bridgehead atoms. The van der Waals surface area contributed by atoms with Gasteiger partial charge in [-0.1, -0.05) is 19.1 Å². The standard InChI is InChI=1S/C23H33N3O2S.HI/c1-4-24-23(25-12-18(3)21-8-10-29-16-21)26-13-20-6-5-17(2)11-22(20)28-15-19-7-9-27-14-19;/h5-6,8,10-11,16,18-19H,4,7,9,12-15H2,1-3H3,(H2,24,25,26);1H. The summed E-state index contributed by atoms with van der Waals surface area (Å²) < 4.78 is 11.6. The maximum atomic E-state index is 6.15. The topological polar surface area (TPSA) is 54.9 Å². The molecule has 2 atom stereocenters. The fourth-order valence-corrected chi connectivity index (χ4v) is 4.06. The summed E-state index contributed by atoms with van der Waals surface area (Å²) in [5, 5.41) is 11.2. The minimum absolute atomic E-state index is 0. The van der Waals surface area contributed by atoms with Crippen LogP contribution in [0.1, 0.15) is 42.9 Å². The molecule has 0 saturated carbocycles. The third-order valence-electron chi connectivity index (χ3n) is 5.16. The Hall–Kier alpha value is -1.32. The van der Waals surface area contributed by atoms with Gasteiger partial charge in [-0.15, -0.1) is 24.0 Å². The van der Waals surface area contributed by atoms with Crippen molar-refractivity contribution >= 4 is 41.3 Å². The van der Waals surface area contributed by atoms with Gasteiger partial charge in [0.1, 0.15) is 5.75 Å². The average Bonchev–Trinajstić information content (AvgIpc) is 3.43. The van der Waals surface area contributed by atoms with Crippen molar-refractivity contribution in [3.8, 4) is 5.75 Å². The minimum atomic E-state index is 0. The Morgan fingerprint density at radius 2 is 2.20 bits per heavy atom. The van der Waals surface area contributed by atoms with E-state index in [4.69, 9.17) is 14.5 Å². The molecule has 0 radical (unpaired) electrons. The van der Waals surface area contributed by atoms with Gasteiger partial charge < -0.3 is 20.1 Å². The number of thiophene rings is 1. The molecule has 1 fully saturated rings. The molecule has 1 aliphatic rings. The first-order valence-corrected chi connectivity index (χ1v) is 11.4. The van der Waals surface area contributed by atoms with E-state index in [1.807, 2.05) is 0 Å². The number of aliphatic imine (C=N–C) groups is 1. The van der Waals surface area contributed by atoms with Crippen molar-refractivity contribution in [3.05, 3.63) is 51.7 Å². The van der Waals surface area contributed by atoms with Crippen LogP contribution in [-0.4, -0.2) is 38.9 Å². The zero-order valence-electron chi connectivity index (χ0n) is 18.1. The maximum absolute atomic E-state index is 6.15. The molecule has 1 aliphatic heterocycles. The van der Waals surface area contributed by atoms with E-state index in [-0.39, 0.29) is 24.0 Å². The van der Waals surface area contributed by atoms with Crippen LogP contribution in [0.15, 0.2) is 40.0 Å². The number of rotatable bonds is 9. The van der Waals surface area contributed by atoms with Gasteiger partial charge in [0.2, 0.25) is 0 Å². The molecule has 2 N–H and O–H groups in total. The Balaban J connectivity index is 0.00000320. The Morgan fingerprint density at radius 3 is 2.90 bits per heavy atom. The zero-order chi connectivity index (χ0) is 20.5. The van der Waals surface area contributed by atoms with Gasteiger partial charge in [-0.05, 0) is 60.2 Å². The predicted molar refractivity (Wildman–Crippen MR) is 137 cm³/mol. The smallest absolute Gasteiger partial charge is 0.191 e. The summed E-state index contributed by atoms with van der Waals surface area (Å²) in [6.07, 6.45) is 1.08. The van der Waals surface area contributed by atoms with Crippen LogP contribution in [-0.2, 0) is 11.3 Å². The number of ether oxygens (including phenoxy) is 2. The van der Waals surface area contributed by atoms with Crippen LogP contribution in [0.5, 0.6) is 5.75 Å². The predicted octanol–water partition coefficient (Wildman–Crippen LogP) is 4.95. The summed E-state index contributed by atoms with van der Waals surface area (Å²) in [6, 6.07) is 8.54. The van der Waals surface area contributed by atoms with Crippen molar-refractivity contribution in [1.82, 2.24) is 10.6 Å². The fourth-order valence-electron chi connectivity index (χ4n) is 3.28. The highest BCUT2D eigenvalue weighted by Crippen LogP contribution is 2.23. The summed E-state index contributed by atoms with van der Waals surface area (Å²) in [4.78, 5) is 4.80. The lowest BCUT2D eigenvalue weighted by Gasteiger charge is -2.16. The Morgan fingerprint density at radius 1 is 1.33 bits per heavy atom. The highest BCUT2D eigenvalue weighted by Gasteiger charge is 2.17. The van der Waals surface area contributed by atoms with Crippen LogP contribution in [0, 0.1) is 12.8 Å². The summed E-state index contributed by atoms with van der Waals surface area (Å²) in [5.74, 6) is 2.70. The van der Waals surface area contributed by atoms with Gasteiger partial charge in [-0.25, -0.2) is 4.99 Å². The number of nitrogens with zero attached hydrogens (tertiary/aromatic N) is 1. The van der Waals surface area contributed by atoms with Gasteiger partial charge in [0, 0.05) is 31.2 Å². The van der Waals surface area contributed by atoms with Gasteiger partial charge >= 0.3 is 0 Å². The van der Waals surface area contributed by atoms with Gasteiger partial charge in [-0.3, -0.25) is 0 Å². The molecule has 0 spiro atoms. The molecule has 1 aromatic carbocycles. The molecule has 166 valence electrons. The molecule has 7 heteroatoms. The van der Waals surface area contributed by atoms with E-state index in [1.165, 1.54) is 11.1 Å². The molecule has 2 heterocycles. The van der Waals surface area contributed by atoms with E-state index >= 15 is 0 Å². The van der Waals surface area contributed by atoms with Crippen LogP contribution in [0.4, 0.5) is 0 Å². The maximum Gasteiger partial charge on any atom is 0.191 e. The van der Waals surface area contributed by atoms with Crippen molar-refractivity contribution in [2.45, 2.75) is 39.7 Å². The minimum Gasteiger partial charge on any atom is -0.493 e. The molecule has 1 saturated heterocycles. The van der Waals surface area contributed by atoms with Gasteiger partial charge in [0.05, 0.1) is 19.8 Å². The molecule has 3 rings (SSSR count). The number of benzene rings is 1. The summed E-state index contributed by atoms with van der Waals surface area (Å²) in [6.45, 7) is 11.0. The van der Waals surface area contributed by atoms with Gasteiger partial charge in [-0.2, -0.15) is 11.3 Å². The number of hydrogen-bond acceptors (Lipinski definition) is 4. The first-order valence-electron chi connectivity index (χ1n) is 10.5. The average molecular weight is 544 g/mol. The molecule has 30 heavy (non-hydrogen) atoms. The lowest BCUT2D eigenvalue weighted by Crippen LogP contribution is -2.39. The Bertz CT molecular complexity index is 777.